The molecule has 1 saturated carbocycles. The van der Waals surface area contributed by atoms with Crippen molar-refractivity contribution in [2.45, 2.75) is 32.3 Å². The van der Waals surface area contributed by atoms with Gasteiger partial charge < -0.3 is 10.0 Å². The summed E-state index contributed by atoms with van der Waals surface area (Å²) in [4.78, 5) is 2.28. The lowest BCUT2D eigenvalue weighted by molar-refractivity contribution is -0.0985. The Morgan fingerprint density at radius 1 is 1.31 bits per heavy atom. The molecule has 0 amide bonds. The van der Waals surface area contributed by atoms with Crippen LogP contribution < -0.4 is 0 Å². The Bertz CT molecular complexity index is 206. The first-order chi connectivity index (χ1) is 6.04. The van der Waals surface area contributed by atoms with Crippen molar-refractivity contribution in [3.8, 4) is 0 Å². The van der Waals surface area contributed by atoms with Crippen LogP contribution in [0.1, 0.15) is 26.7 Å². The molecule has 2 aliphatic rings. The highest BCUT2D eigenvalue weighted by Gasteiger charge is 2.51. The lowest BCUT2D eigenvalue weighted by Gasteiger charge is -2.45. The molecule has 4 unspecified atom stereocenters. The Morgan fingerprint density at radius 2 is 2.00 bits per heavy atom. The third kappa shape index (κ3) is 1.31. The Morgan fingerprint density at radius 3 is 2.69 bits per heavy atom. The summed E-state index contributed by atoms with van der Waals surface area (Å²) in [5.41, 5.74) is -0.383. The fourth-order valence-electron chi connectivity index (χ4n) is 3.46. The maximum atomic E-state index is 10.6. The van der Waals surface area contributed by atoms with E-state index in [1.54, 1.807) is 0 Å². The second kappa shape index (κ2) is 2.96. The molecule has 0 aromatic heterocycles. The molecule has 0 aromatic carbocycles. The molecule has 0 aromatic rings. The van der Waals surface area contributed by atoms with Crippen LogP contribution in [0.5, 0.6) is 0 Å². The van der Waals surface area contributed by atoms with E-state index in [1.165, 1.54) is 12.8 Å². The molecule has 1 heterocycles. The van der Waals surface area contributed by atoms with Crippen LogP contribution in [0.3, 0.4) is 0 Å². The van der Waals surface area contributed by atoms with Gasteiger partial charge in [0.1, 0.15) is 0 Å². The van der Waals surface area contributed by atoms with Gasteiger partial charge in [0, 0.05) is 13.1 Å². The number of rotatable bonds is 0. The molecule has 2 fully saturated rings. The highest BCUT2D eigenvalue weighted by Crippen LogP contribution is 2.47. The summed E-state index contributed by atoms with van der Waals surface area (Å²) >= 11 is 0. The van der Waals surface area contributed by atoms with Crippen molar-refractivity contribution in [2.75, 3.05) is 20.1 Å². The quantitative estimate of drug-likeness (QED) is 0.612. The highest BCUT2D eigenvalue weighted by molar-refractivity contribution is 5.03. The number of hydrogen-bond donors (Lipinski definition) is 1. The van der Waals surface area contributed by atoms with Crippen LogP contribution in [0.2, 0.25) is 0 Å². The van der Waals surface area contributed by atoms with Gasteiger partial charge in [-0.1, -0.05) is 13.8 Å². The number of hydrogen-bond acceptors (Lipinski definition) is 2. The molecule has 1 N–H and O–H groups in total. The van der Waals surface area contributed by atoms with Crippen molar-refractivity contribution in [3.05, 3.63) is 0 Å². The molecule has 13 heavy (non-hydrogen) atoms. The molecule has 0 radical (unpaired) electrons. The molecular weight excluding hydrogens is 162 g/mol. The molecular formula is C11H21NO. The fourth-order valence-corrected chi connectivity index (χ4v) is 3.46. The average molecular weight is 183 g/mol. The number of nitrogens with zero attached hydrogens (tertiary/aromatic N) is 1. The van der Waals surface area contributed by atoms with Gasteiger partial charge in [0.2, 0.25) is 0 Å². The minimum atomic E-state index is -0.383. The zero-order valence-electron chi connectivity index (χ0n) is 8.95. The van der Waals surface area contributed by atoms with Crippen LogP contribution in [0.4, 0.5) is 0 Å². The predicted octanol–water partition coefficient (Wildman–Crippen LogP) is 1.35. The van der Waals surface area contributed by atoms with E-state index in [0.717, 1.165) is 13.1 Å². The van der Waals surface area contributed by atoms with Gasteiger partial charge in [-0.05, 0) is 37.6 Å². The number of aliphatic hydroxyl groups is 1. The standard InChI is InChI=1S/C11H21NO/c1-8-6-12(3)7-11(13)9(2)4-5-10(8)11/h8-10,13H,4-7H2,1-3H3. The smallest absolute Gasteiger partial charge is 0.0830 e. The van der Waals surface area contributed by atoms with Gasteiger partial charge in [-0.15, -0.1) is 0 Å². The first-order valence-electron chi connectivity index (χ1n) is 5.45. The van der Waals surface area contributed by atoms with E-state index in [2.05, 4.69) is 25.8 Å². The molecule has 1 aliphatic heterocycles. The number of piperidine rings is 1. The molecule has 2 rings (SSSR count). The van der Waals surface area contributed by atoms with Crippen molar-refractivity contribution in [1.82, 2.24) is 4.90 Å². The average Bonchev–Trinajstić information content (AvgIpc) is 2.27. The van der Waals surface area contributed by atoms with Crippen molar-refractivity contribution in [2.24, 2.45) is 17.8 Å². The van der Waals surface area contributed by atoms with Crippen LogP contribution in [-0.4, -0.2) is 35.7 Å². The zero-order valence-corrected chi connectivity index (χ0v) is 8.95. The molecule has 1 aliphatic carbocycles. The van der Waals surface area contributed by atoms with E-state index in [4.69, 9.17) is 0 Å². The molecule has 0 spiro atoms. The van der Waals surface area contributed by atoms with Gasteiger partial charge >= 0.3 is 0 Å². The van der Waals surface area contributed by atoms with Gasteiger partial charge in [-0.2, -0.15) is 0 Å². The van der Waals surface area contributed by atoms with Gasteiger partial charge in [-0.3, -0.25) is 0 Å². The second-order valence-corrected chi connectivity index (χ2v) is 5.25. The van der Waals surface area contributed by atoms with E-state index in [9.17, 15) is 5.11 Å². The SMILES string of the molecule is CC1CN(C)CC2(O)C(C)CCC12. The largest absolute Gasteiger partial charge is 0.388 e. The van der Waals surface area contributed by atoms with Crippen molar-refractivity contribution in [3.63, 3.8) is 0 Å². The zero-order chi connectivity index (χ0) is 9.64. The first-order valence-corrected chi connectivity index (χ1v) is 5.45. The summed E-state index contributed by atoms with van der Waals surface area (Å²) in [5.74, 6) is 1.70. The summed E-state index contributed by atoms with van der Waals surface area (Å²) in [6.07, 6.45) is 2.44. The van der Waals surface area contributed by atoms with Gasteiger partial charge in [0.25, 0.3) is 0 Å². The van der Waals surface area contributed by atoms with Crippen LogP contribution in [-0.2, 0) is 0 Å². The van der Waals surface area contributed by atoms with Crippen LogP contribution >= 0.6 is 0 Å². The monoisotopic (exact) mass is 183 g/mol. The normalized spacial score (nSPS) is 52.2. The molecule has 2 heteroatoms. The Balaban J connectivity index is 2.22. The van der Waals surface area contributed by atoms with Gasteiger partial charge in [-0.25, -0.2) is 0 Å². The lowest BCUT2D eigenvalue weighted by atomic mass is 9.75. The summed E-state index contributed by atoms with van der Waals surface area (Å²) < 4.78 is 0. The van der Waals surface area contributed by atoms with E-state index < -0.39 is 0 Å². The number of likely N-dealkylation sites (tertiary alicyclic amines) is 1. The van der Waals surface area contributed by atoms with Crippen molar-refractivity contribution in [1.29, 1.82) is 0 Å². The minimum Gasteiger partial charge on any atom is -0.388 e. The van der Waals surface area contributed by atoms with Crippen LogP contribution in [0, 0.1) is 17.8 Å². The third-order valence-electron chi connectivity index (χ3n) is 4.22. The Labute approximate surface area is 80.9 Å². The van der Waals surface area contributed by atoms with E-state index >= 15 is 0 Å². The van der Waals surface area contributed by atoms with Crippen molar-refractivity contribution >= 4 is 0 Å². The van der Waals surface area contributed by atoms with Crippen LogP contribution in [0.25, 0.3) is 0 Å². The Hall–Kier alpha value is -0.0800. The Kier molecular flexibility index (Phi) is 2.16. The number of fused-ring (bicyclic) bond motifs is 1. The number of β-amino-alcohol motifs (C(OH)–C–C–N with tert-alkyl or cyclic N) is 1. The minimum absolute atomic E-state index is 0.383. The van der Waals surface area contributed by atoms with E-state index in [-0.39, 0.29) is 5.60 Å². The van der Waals surface area contributed by atoms with Gasteiger partial charge in [0.05, 0.1) is 5.60 Å². The summed E-state index contributed by atoms with van der Waals surface area (Å²) in [7, 11) is 2.12. The molecule has 4 atom stereocenters. The van der Waals surface area contributed by atoms with E-state index in [0.29, 0.717) is 17.8 Å². The van der Waals surface area contributed by atoms with Crippen molar-refractivity contribution < 1.29 is 5.11 Å². The lowest BCUT2D eigenvalue weighted by Crippen LogP contribution is -2.56. The number of likely N-dealkylation sites (N-methyl/N-ethyl adjacent to an activating group) is 1. The third-order valence-corrected chi connectivity index (χ3v) is 4.22. The maximum absolute atomic E-state index is 10.6. The molecule has 1 saturated heterocycles. The predicted molar refractivity (Wildman–Crippen MR) is 53.5 cm³/mol. The first kappa shape index (κ1) is 9.47. The highest BCUT2D eigenvalue weighted by atomic mass is 16.3. The van der Waals surface area contributed by atoms with E-state index in [1.807, 2.05) is 0 Å². The topological polar surface area (TPSA) is 23.5 Å². The molecule has 0 bridgehead atoms. The van der Waals surface area contributed by atoms with Crippen LogP contribution in [0.15, 0.2) is 0 Å². The molecule has 76 valence electrons. The second-order valence-electron chi connectivity index (χ2n) is 5.25. The summed E-state index contributed by atoms with van der Waals surface area (Å²) in [6, 6.07) is 0. The van der Waals surface area contributed by atoms with Gasteiger partial charge in [0.15, 0.2) is 0 Å². The fraction of sp³-hybridized carbons (Fsp3) is 1.00. The summed E-state index contributed by atoms with van der Waals surface area (Å²) in [5, 5.41) is 10.6. The molecule has 2 nitrogen and oxygen atoms in total. The summed E-state index contributed by atoms with van der Waals surface area (Å²) in [6.45, 7) is 6.51. The maximum Gasteiger partial charge on any atom is 0.0830 e.